The maximum absolute atomic E-state index is 10.7. The fourth-order valence-corrected chi connectivity index (χ4v) is 1.38. The zero-order chi connectivity index (χ0) is 9.99. The first kappa shape index (κ1) is 11.9. The summed E-state index contributed by atoms with van der Waals surface area (Å²) < 4.78 is 21.5. The fourth-order valence-electron chi connectivity index (χ4n) is 0.694. The second kappa shape index (κ2) is 3.72. The van der Waals surface area contributed by atoms with Gasteiger partial charge in [-0.15, -0.1) is 0 Å². The van der Waals surface area contributed by atoms with Crippen molar-refractivity contribution >= 4 is 9.84 Å². The Hall–Kier alpha value is -0.130. The Kier molecular flexibility index (Phi) is 3.68. The van der Waals surface area contributed by atoms with Gasteiger partial charge >= 0.3 is 0 Å². The SMILES string of the molecule is CC(C)(O)[C@@H](N)CCS(C)(=O)=O. The first-order valence-corrected chi connectivity index (χ1v) is 5.84. The maximum atomic E-state index is 10.7. The molecule has 12 heavy (non-hydrogen) atoms. The van der Waals surface area contributed by atoms with Crippen LogP contribution in [0.3, 0.4) is 0 Å². The van der Waals surface area contributed by atoms with Crippen molar-refractivity contribution in [3.05, 3.63) is 0 Å². The smallest absolute Gasteiger partial charge is 0.147 e. The lowest BCUT2D eigenvalue weighted by molar-refractivity contribution is 0.0511. The van der Waals surface area contributed by atoms with E-state index in [1.165, 1.54) is 0 Å². The quantitative estimate of drug-likeness (QED) is 0.635. The standard InChI is InChI=1S/C7H17NO3S/c1-7(2,9)6(8)4-5-12(3,10)11/h6,9H,4-5,8H2,1-3H3/t6-/m0/s1. The summed E-state index contributed by atoms with van der Waals surface area (Å²) in [6.45, 7) is 3.14. The summed E-state index contributed by atoms with van der Waals surface area (Å²) >= 11 is 0. The summed E-state index contributed by atoms with van der Waals surface area (Å²) in [7, 11) is -2.97. The molecule has 0 aliphatic heterocycles. The van der Waals surface area contributed by atoms with Crippen LogP contribution >= 0.6 is 0 Å². The lowest BCUT2D eigenvalue weighted by Crippen LogP contribution is -2.43. The zero-order valence-electron chi connectivity index (χ0n) is 7.74. The van der Waals surface area contributed by atoms with Gasteiger partial charge in [-0.3, -0.25) is 0 Å². The Morgan fingerprint density at radius 1 is 1.50 bits per heavy atom. The van der Waals surface area contributed by atoms with Crippen molar-refractivity contribution in [1.82, 2.24) is 0 Å². The van der Waals surface area contributed by atoms with Crippen molar-refractivity contribution in [2.45, 2.75) is 31.9 Å². The van der Waals surface area contributed by atoms with E-state index in [0.29, 0.717) is 6.42 Å². The molecule has 0 aromatic carbocycles. The third-order valence-corrected chi connectivity index (χ3v) is 2.68. The van der Waals surface area contributed by atoms with Gasteiger partial charge in [0.15, 0.2) is 0 Å². The molecule has 0 aliphatic carbocycles. The number of hydrogen-bond donors (Lipinski definition) is 2. The van der Waals surface area contributed by atoms with Crippen molar-refractivity contribution in [1.29, 1.82) is 0 Å². The van der Waals surface area contributed by atoms with E-state index in [-0.39, 0.29) is 5.75 Å². The Morgan fingerprint density at radius 3 is 2.17 bits per heavy atom. The van der Waals surface area contributed by atoms with Crippen LogP contribution in [0.5, 0.6) is 0 Å². The summed E-state index contributed by atoms with van der Waals surface area (Å²) in [5.74, 6) is 0.0259. The molecular weight excluding hydrogens is 178 g/mol. The molecule has 0 spiro atoms. The minimum absolute atomic E-state index is 0.0259. The molecule has 0 rings (SSSR count). The number of aliphatic hydroxyl groups is 1. The molecule has 0 amide bonds. The minimum Gasteiger partial charge on any atom is -0.389 e. The molecule has 0 radical (unpaired) electrons. The van der Waals surface area contributed by atoms with Crippen LogP contribution < -0.4 is 5.73 Å². The van der Waals surface area contributed by atoms with Crippen LogP contribution in [0, 0.1) is 0 Å². The van der Waals surface area contributed by atoms with Gasteiger partial charge in [-0.1, -0.05) is 0 Å². The second-order valence-corrected chi connectivity index (χ2v) is 5.94. The Labute approximate surface area is 73.7 Å². The number of nitrogens with two attached hydrogens (primary N) is 1. The van der Waals surface area contributed by atoms with E-state index in [2.05, 4.69) is 0 Å². The molecule has 0 aliphatic rings. The summed E-state index contributed by atoms with van der Waals surface area (Å²) in [6.07, 6.45) is 1.45. The molecule has 0 bridgehead atoms. The number of sulfone groups is 1. The molecule has 0 unspecified atom stereocenters. The van der Waals surface area contributed by atoms with Crippen molar-refractivity contribution in [2.24, 2.45) is 5.73 Å². The Morgan fingerprint density at radius 2 is 1.92 bits per heavy atom. The largest absolute Gasteiger partial charge is 0.389 e. The van der Waals surface area contributed by atoms with Crippen LogP contribution in [0.2, 0.25) is 0 Å². The highest BCUT2D eigenvalue weighted by atomic mass is 32.2. The molecular formula is C7H17NO3S. The summed E-state index contributed by atoms with van der Waals surface area (Å²) in [6, 6.07) is -0.493. The van der Waals surface area contributed by atoms with Crippen LogP contribution in [0.1, 0.15) is 20.3 Å². The molecule has 0 saturated carbocycles. The first-order chi connectivity index (χ1) is 5.13. The van der Waals surface area contributed by atoms with E-state index in [1.54, 1.807) is 13.8 Å². The fraction of sp³-hybridized carbons (Fsp3) is 1.00. The average Bonchev–Trinajstić information content (AvgIpc) is 1.78. The average molecular weight is 195 g/mol. The van der Waals surface area contributed by atoms with E-state index in [0.717, 1.165) is 6.26 Å². The number of hydrogen-bond acceptors (Lipinski definition) is 4. The zero-order valence-corrected chi connectivity index (χ0v) is 8.56. The van der Waals surface area contributed by atoms with Gasteiger partial charge in [0.25, 0.3) is 0 Å². The summed E-state index contributed by atoms with van der Waals surface area (Å²) in [5.41, 5.74) is 4.53. The van der Waals surface area contributed by atoms with Crippen molar-refractivity contribution in [3.8, 4) is 0 Å². The third kappa shape index (κ3) is 5.51. The van der Waals surface area contributed by atoms with Gasteiger partial charge in [-0.2, -0.15) is 0 Å². The number of rotatable bonds is 4. The van der Waals surface area contributed by atoms with Crippen LogP contribution in [0.25, 0.3) is 0 Å². The van der Waals surface area contributed by atoms with Crippen LogP contribution in [-0.4, -0.2) is 37.2 Å². The van der Waals surface area contributed by atoms with Crippen molar-refractivity contribution in [3.63, 3.8) is 0 Å². The van der Waals surface area contributed by atoms with Gasteiger partial charge in [0.2, 0.25) is 0 Å². The molecule has 74 valence electrons. The van der Waals surface area contributed by atoms with E-state index in [4.69, 9.17) is 5.73 Å². The Balaban J connectivity index is 3.97. The highest BCUT2D eigenvalue weighted by Crippen LogP contribution is 2.09. The maximum Gasteiger partial charge on any atom is 0.147 e. The molecule has 4 nitrogen and oxygen atoms in total. The minimum atomic E-state index is -2.97. The molecule has 3 N–H and O–H groups in total. The van der Waals surface area contributed by atoms with E-state index < -0.39 is 21.5 Å². The molecule has 0 heterocycles. The van der Waals surface area contributed by atoms with Gasteiger partial charge in [-0.25, -0.2) is 8.42 Å². The highest BCUT2D eigenvalue weighted by Gasteiger charge is 2.23. The van der Waals surface area contributed by atoms with Crippen LogP contribution in [0.4, 0.5) is 0 Å². The molecule has 0 aromatic heterocycles. The predicted octanol–water partition coefficient (Wildman–Crippen LogP) is -0.481. The van der Waals surface area contributed by atoms with Gasteiger partial charge in [0, 0.05) is 12.3 Å². The van der Waals surface area contributed by atoms with Gasteiger partial charge in [0.05, 0.1) is 11.4 Å². The normalized spacial score (nSPS) is 16.1. The van der Waals surface area contributed by atoms with Gasteiger partial charge < -0.3 is 10.8 Å². The molecule has 0 aromatic rings. The van der Waals surface area contributed by atoms with Gasteiger partial charge in [-0.05, 0) is 20.3 Å². The van der Waals surface area contributed by atoms with Gasteiger partial charge in [0.1, 0.15) is 9.84 Å². The van der Waals surface area contributed by atoms with E-state index in [1.807, 2.05) is 0 Å². The highest BCUT2D eigenvalue weighted by molar-refractivity contribution is 7.90. The van der Waals surface area contributed by atoms with Crippen molar-refractivity contribution in [2.75, 3.05) is 12.0 Å². The molecule has 0 saturated heterocycles. The van der Waals surface area contributed by atoms with Crippen molar-refractivity contribution < 1.29 is 13.5 Å². The summed E-state index contributed by atoms with van der Waals surface area (Å²) in [4.78, 5) is 0. The molecule has 0 fully saturated rings. The van der Waals surface area contributed by atoms with E-state index in [9.17, 15) is 13.5 Å². The third-order valence-electron chi connectivity index (χ3n) is 1.71. The Bertz CT molecular complexity index is 228. The van der Waals surface area contributed by atoms with E-state index >= 15 is 0 Å². The molecule has 1 atom stereocenters. The first-order valence-electron chi connectivity index (χ1n) is 3.78. The predicted molar refractivity (Wildman–Crippen MR) is 48.6 cm³/mol. The lowest BCUT2D eigenvalue weighted by atomic mass is 9.98. The summed E-state index contributed by atoms with van der Waals surface area (Å²) in [5, 5.41) is 9.36. The van der Waals surface area contributed by atoms with Crippen LogP contribution in [-0.2, 0) is 9.84 Å². The second-order valence-electron chi connectivity index (χ2n) is 3.68. The monoisotopic (exact) mass is 195 g/mol. The molecule has 5 heteroatoms. The van der Waals surface area contributed by atoms with Crippen LogP contribution in [0.15, 0.2) is 0 Å². The topological polar surface area (TPSA) is 80.4 Å². The lowest BCUT2D eigenvalue weighted by Gasteiger charge is -2.25.